The van der Waals surface area contributed by atoms with Gasteiger partial charge in [0.1, 0.15) is 0 Å². The van der Waals surface area contributed by atoms with E-state index in [0.717, 1.165) is 38.4 Å². The summed E-state index contributed by atoms with van der Waals surface area (Å²) in [7, 11) is 0. The maximum atomic E-state index is 12.6. The Morgan fingerprint density at radius 3 is 2.60 bits per heavy atom. The maximum absolute atomic E-state index is 12.6. The van der Waals surface area contributed by atoms with Gasteiger partial charge in [-0.05, 0) is 25.7 Å². The van der Waals surface area contributed by atoms with Crippen molar-refractivity contribution in [2.45, 2.75) is 64.8 Å². The Balaban J connectivity index is 0.00000200. The second-order valence-corrected chi connectivity index (χ2v) is 6.48. The van der Waals surface area contributed by atoms with Gasteiger partial charge in [0.05, 0.1) is 0 Å². The third kappa shape index (κ3) is 4.92. The summed E-state index contributed by atoms with van der Waals surface area (Å²) in [6, 6.07) is 0.449. The summed E-state index contributed by atoms with van der Waals surface area (Å²) < 4.78 is 0. The number of amides is 1. The summed E-state index contributed by atoms with van der Waals surface area (Å²) in [4.78, 5) is 14.7. The average molecular weight is 303 g/mol. The first-order valence-electron chi connectivity index (χ1n) is 8.23. The summed E-state index contributed by atoms with van der Waals surface area (Å²) in [5.74, 6) is 1.50. The largest absolute Gasteiger partial charge is 0.340 e. The van der Waals surface area contributed by atoms with Crippen molar-refractivity contribution in [3.05, 3.63) is 0 Å². The first-order chi connectivity index (χ1) is 9.20. The van der Waals surface area contributed by atoms with Crippen molar-refractivity contribution in [1.29, 1.82) is 0 Å². The molecule has 0 aromatic rings. The van der Waals surface area contributed by atoms with Crippen LogP contribution in [0.2, 0.25) is 0 Å². The lowest BCUT2D eigenvalue weighted by atomic mass is 9.81. The molecular formula is C16H31ClN2O. The average Bonchev–Trinajstić information content (AvgIpc) is 2.45. The van der Waals surface area contributed by atoms with Gasteiger partial charge in [0.2, 0.25) is 5.91 Å². The van der Waals surface area contributed by atoms with Crippen molar-refractivity contribution in [2.24, 2.45) is 11.8 Å². The van der Waals surface area contributed by atoms with Gasteiger partial charge in [-0.15, -0.1) is 12.4 Å². The number of carbonyl (C=O) groups excluding carboxylic acids is 1. The van der Waals surface area contributed by atoms with Crippen LogP contribution < -0.4 is 5.32 Å². The van der Waals surface area contributed by atoms with Gasteiger partial charge in [-0.1, -0.05) is 39.0 Å². The van der Waals surface area contributed by atoms with Crippen LogP contribution in [0.15, 0.2) is 0 Å². The van der Waals surface area contributed by atoms with Gasteiger partial charge >= 0.3 is 0 Å². The minimum Gasteiger partial charge on any atom is -0.340 e. The fourth-order valence-corrected chi connectivity index (χ4v) is 3.66. The molecule has 2 rings (SSSR count). The SMILES string of the molecule is CCC(CC1CCCCC1)C(=O)N1CCNC(C)C1.Cl. The van der Waals surface area contributed by atoms with Gasteiger partial charge in [-0.3, -0.25) is 4.79 Å². The number of hydrogen-bond donors (Lipinski definition) is 1. The molecule has 1 saturated carbocycles. The highest BCUT2D eigenvalue weighted by atomic mass is 35.5. The highest BCUT2D eigenvalue weighted by molar-refractivity contribution is 5.85. The van der Waals surface area contributed by atoms with E-state index in [4.69, 9.17) is 0 Å². The molecule has 1 N–H and O–H groups in total. The summed E-state index contributed by atoms with van der Waals surface area (Å²) >= 11 is 0. The molecular weight excluding hydrogens is 272 g/mol. The third-order valence-corrected chi connectivity index (χ3v) is 4.87. The Morgan fingerprint density at radius 1 is 1.30 bits per heavy atom. The standard InChI is InChI=1S/C16H30N2O.ClH/c1-3-15(11-14-7-5-4-6-8-14)16(19)18-10-9-17-13(2)12-18;/h13-15,17H,3-12H2,1-2H3;1H. The van der Waals surface area contributed by atoms with Gasteiger partial charge in [0.15, 0.2) is 0 Å². The van der Waals surface area contributed by atoms with Crippen LogP contribution in [0.25, 0.3) is 0 Å². The second kappa shape index (κ2) is 8.89. The van der Waals surface area contributed by atoms with Crippen molar-refractivity contribution in [3.8, 4) is 0 Å². The molecule has 1 heterocycles. The van der Waals surface area contributed by atoms with Gasteiger partial charge in [-0.2, -0.15) is 0 Å². The van der Waals surface area contributed by atoms with Crippen molar-refractivity contribution >= 4 is 18.3 Å². The molecule has 1 aliphatic carbocycles. The van der Waals surface area contributed by atoms with E-state index in [1.54, 1.807) is 0 Å². The minimum atomic E-state index is 0. The van der Waals surface area contributed by atoms with E-state index in [-0.39, 0.29) is 18.3 Å². The molecule has 2 aliphatic rings. The first kappa shape index (κ1) is 17.8. The molecule has 0 aromatic carbocycles. The monoisotopic (exact) mass is 302 g/mol. The smallest absolute Gasteiger partial charge is 0.225 e. The van der Waals surface area contributed by atoms with E-state index in [2.05, 4.69) is 24.1 Å². The highest BCUT2D eigenvalue weighted by Gasteiger charge is 2.28. The molecule has 1 aliphatic heterocycles. The zero-order valence-corrected chi connectivity index (χ0v) is 13.9. The Hall–Kier alpha value is -0.280. The van der Waals surface area contributed by atoms with E-state index < -0.39 is 0 Å². The number of hydrogen-bond acceptors (Lipinski definition) is 2. The number of piperazine rings is 1. The molecule has 1 amide bonds. The van der Waals surface area contributed by atoms with Crippen LogP contribution in [0, 0.1) is 11.8 Å². The quantitative estimate of drug-likeness (QED) is 0.865. The number of nitrogens with one attached hydrogen (secondary N) is 1. The number of halogens is 1. The zero-order chi connectivity index (χ0) is 13.7. The van der Waals surface area contributed by atoms with Crippen molar-refractivity contribution in [3.63, 3.8) is 0 Å². The Morgan fingerprint density at radius 2 is 2.00 bits per heavy atom. The lowest BCUT2D eigenvalue weighted by Crippen LogP contribution is -2.52. The van der Waals surface area contributed by atoms with Crippen LogP contribution in [0.1, 0.15) is 58.8 Å². The van der Waals surface area contributed by atoms with E-state index >= 15 is 0 Å². The van der Waals surface area contributed by atoms with Crippen LogP contribution in [0.5, 0.6) is 0 Å². The number of nitrogens with zero attached hydrogens (tertiary/aromatic N) is 1. The van der Waals surface area contributed by atoms with Crippen LogP contribution in [0.3, 0.4) is 0 Å². The minimum absolute atomic E-state index is 0. The van der Waals surface area contributed by atoms with Crippen LogP contribution >= 0.6 is 12.4 Å². The van der Waals surface area contributed by atoms with E-state index in [1.807, 2.05) is 0 Å². The molecule has 4 heteroatoms. The second-order valence-electron chi connectivity index (χ2n) is 6.48. The van der Waals surface area contributed by atoms with Gasteiger partial charge in [-0.25, -0.2) is 0 Å². The molecule has 3 nitrogen and oxygen atoms in total. The Labute approximate surface area is 130 Å². The van der Waals surface area contributed by atoms with Gasteiger partial charge in [0, 0.05) is 31.6 Å². The van der Waals surface area contributed by atoms with Crippen LogP contribution in [-0.4, -0.2) is 36.5 Å². The predicted molar refractivity (Wildman–Crippen MR) is 86.3 cm³/mol. The summed E-state index contributed by atoms with van der Waals surface area (Å²) in [5, 5.41) is 3.41. The molecule has 118 valence electrons. The van der Waals surface area contributed by atoms with E-state index in [9.17, 15) is 4.79 Å². The molecule has 2 atom stereocenters. The maximum Gasteiger partial charge on any atom is 0.225 e. The van der Waals surface area contributed by atoms with Crippen molar-refractivity contribution in [1.82, 2.24) is 10.2 Å². The molecule has 0 radical (unpaired) electrons. The molecule has 0 aromatic heterocycles. The predicted octanol–water partition coefficient (Wildman–Crippen LogP) is 3.23. The first-order valence-corrected chi connectivity index (χ1v) is 8.23. The Bertz CT molecular complexity index is 292. The van der Waals surface area contributed by atoms with Crippen LogP contribution in [-0.2, 0) is 4.79 Å². The molecule has 20 heavy (non-hydrogen) atoms. The normalized spacial score (nSPS) is 25.9. The zero-order valence-electron chi connectivity index (χ0n) is 13.1. The molecule has 2 unspecified atom stereocenters. The molecule has 0 spiro atoms. The van der Waals surface area contributed by atoms with Crippen molar-refractivity contribution < 1.29 is 4.79 Å². The Kier molecular flexibility index (Phi) is 7.90. The lowest BCUT2D eigenvalue weighted by molar-refractivity contribution is -0.137. The highest BCUT2D eigenvalue weighted by Crippen LogP contribution is 2.30. The van der Waals surface area contributed by atoms with Crippen LogP contribution in [0.4, 0.5) is 0 Å². The summed E-state index contributed by atoms with van der Waals surface area (Å²) in [6.45, 7) is 7.08. The number of carbonyl (C=O) groups is 1. The fourth-order valence-electron chi connectivity index (χ4n) is 3.66. The third-order valence-electron chi connectivity index (χ3n) is 4.87. The van der Waals surface area contributed by atoms with E-state index in [1.165, 1.54) is 32.1 Å². The molecule has 1 saturated heterocycles. The topological polar surface area (TPSA) is 32.3 Å². The van der Waals surface area contributed by atoms with E-state index in [0.29, 0.717) is 11.9 Å². The summed E-state index contributed by atoms with van der Waals surface area (Å²) in [5.41, 5.74) is 0. The molecule has 0 bridgehead atoms. The summed E-state index contributed by atoms with van der Waals surface area (Å²) in [6.07, 6.45) is 8.99. The fraction of sp³-hybridized carbons (Fsp3) is 0.938. The van der Waals surface area contributed by atoms with Crippen molar-refractivity contribution in [2.75, 3.05) is 19.6 Å². The molecule has 2 fully saturated rings. The lowest BCUT2D eigenvalue weighted by Gasteiger charge is -2.35. The van der Waals surface area contributed by atoms with Gasteiger partial charge < -0.3 is 10.2 Å². The van der Waals surface area contributed by atoms with Gasteiger partial charge in [0.25, 0.3) is 0 Å². The number of rotatable bonds is 4.